The normalized spacial score (nSPS) is 13.3. The lowest BCUT2D eigenvalue weighted by Crippen LogP contribution is -2.41. The summed E-state index contributed by atoms with van der Waals surface area (Å²) in [6.45, 7) is 25.6. The molecule has 0 saturated carbocycles. The van der Waals surface area contributed by atoms with Gasteiger partial charge >= 0.3 is 7.12 Å². The molecule has 0 bridgehead atoms. The van der Waals surface area contributed by atoms with E-state index in [0.29, 0.717) is 17.8 Å². The van der Waals surface area contributed by atoms with Crippen LogP contribution in [0.4, 0.5) is 17.1 Å². The van der Waals surface area contributed by atoms with Gasteiger partial charge in [-0.05, 0) is 157 Å². The number of anilines is 1. The van der Waals surface area contributed by atoms with Crippen molar-refractivity contribution in [1.82, 2.24) is 9.13 Å². The van der Waals surface area contributed by atoms with Crippen LogP contribution in [0.15, 0.2) is 150 Å². The van der Waals surface area contributed by atoms with Crippen molar-refractivity contribution in [3.63, 3.8) is 0 Å². The van der Waals surface area contributed by atoms with E-state index in [-0.39, 0.29) is 22.9 Å². The van der Waals surface area contributed by atoms with Crippen LogP contribution in [-0.4, -0.2) is 53.4 Å². The Morgan fingerprint density at radius 2 is 1.21 bits per heavy atom. The lowest BCUT2D eigenvalue weighted by Gasteiger charge is -2.32. The van der Waals surface area contributed by atoms with Crippen molar-refractivity contribution < 1.29 is 28.4 Å². The average Bonchev–Trinajstić information content (AvgIpc) is 3.95. The van der Waals surface area contributed by atoms with Crippen molar-refractivity contribution in [2.45, 2.75) is 59.2 Å². The first-order valence-electron chi connectivity index (χ1n) is 21.8. The third-order valence-electron chi connectivity index (χ3n) is 11.9. The molecule has 1 amide bonds. The molecule has 0 atom stereocenters. The van der Waals surface area contributed by atoms with Crippen LogP contribution in [0.2, 0.25) is 0 Å². The summed E-state index contributed by atoms with van der Waals surface area (Å²) in [5, 5.41) is 4.81. The zero-order chi connectivity index (χ0) is 48.8. The minimum absolute atomic E-state index is 0.0916. The fraction of sp³-hybridized carbons (Fsp3) is 0.200. The number of methoxy groups -OCH3 is 2. The third kappa shape index (κ3) is 10.9. The Balaban J connectivity index is 0.000000156. The van der Waals surface area contributed by atoms with Gasteiger partial charge in [-0.15, -0.1) is 0 Å². The van der Waals surface area contributed by atoms with Crippen LogP contribution in [-0.2, 0) is 25.3 Å². The highest BCUT2D eigenvalue weighted by Gasteiger charge is 2.51. The molecule has 1 aliphatic rings. The molecule has 342 valence electrons. The summed E-state index contributed by atoms with van der Waals surface area (Å²) in [7, 11) is 2.90. The summed E-state index contributed by atoms with van der Waals surface area (Å²) >= 11 is 3.56. The number of benzene rings is 6. The van der Waals surface area contributed by atoms with Gasteiger partial charge in [0.05, 0.1) is 49.6 Å². The van der Waals surface area contributed by atoms with Crippen LogP contribution in [0.25, 0.3) is 54.0 Å². The van der Waals surface area contributed by atoms with Crippen molar-refractivity contribution in [3.05, 3.63) is 179 Å². The standard InChI is InChI=1S/C25H20N2O2.C16H11BrN2O.C14H20BNO3/c1-17(28)13-18-5-4-6-19(14-18)24-16-27(21-8-10-22(29-3)11-9-21)25-12-7-20(26-2)15-23(24)25;1-18-11-3-8-16-14(9-11)15(17)10-19(16)12-4-6-13(20-2)7-5-12;1-10(17)16-12-8-6-7-11(9-12)15-18-13(2,3)14(4,5)19-15/h4-12,14-16H,13H2,1,3H3;3-10H,2H3;6-9H,1-5H3,(H,16,17). The van der Waals surface area contributed by atoms with Crippen LogP contribution in [0.3, 0.4) is 0 Å². The summed E-state index contributed by atoms with van der Waals surface area (Å²) in [5.74, 6) is 1.68. The predicted molar refractivity (Wildman–Crippen MR) is 276 cm³/mol. The quantitative estimate of drug-likeness (QED) is 0.114. The largest absolute Gasteiger partial charge is 0.497 e. The van der Waals surface area contributed by atoms with Gasteiger partial charge in [-0.3, -0.25) is 9.59 Å². The molecule has 11 nitrogen and oxygen atoms in total. The number of halogens is 1. The smallest absolute Gasteiger partial charge is 0.494 e. The second-order valence-corrected chi connectivity index (χ2v) is 18.1. The lowest BCUT2D eigenvalue weighted by molar-refractivity contribution is -0.116. The molecular weight excluding hydrogens is 917 g/mol. The van der Waals surface area contributed by atoms with E-state index >= 15 is 0 Å². The maximum atomic E-state index is 11.6. The zero-order valence-corrected chi connectivity index (χ0v) is 40.8. The number of ether oxygens (including phenoxy) is 2. The topological polar surface area (TPSA) is 102 Å². The van der Waals surface area contributed by atoms with Gasteiger partial charge in [0.2, 0.25) is 5.91 Å². The number of fused-ring (bicyclic) bond motifs is 2. The molecule has 2 aromatic heterocycles. The van der Waals surface area contributed by atoms with Crippen LogP contribution in [0.5, 0.6) is 11.5 Å². The summed E-state index contributed by atoms with van der Waals surface area (Å²) in [4.78, 5) is 29.7. The molecule has 0 unspecified atom stereocenters. The zero-order valence-electron chi connectivity index (χ0n) is 39.3. The Bertz CT molecular complexity index is 3200. The second kappa shape index (κ2) is 20.6. The molecule has 6 aromatic carbocycles. The first kappa shape index (κ1) is 48.5. The number of carbonyl (C=O) groups excluding carboxylic acids is 2. The number of aromatic nitrogens is 2. The number of hydrogen-bond acceptors (Lipinski definition) is 6. The molecule has 13 heteroatoms. The Labute approximate surface area is 406 Å². The van der Waals surface area contributed by atoms with Crippen LogP contribution < -0.4 is 20.3 Å². The summed E-state index contributed by atoms with van der Waals surface area (Å²) in [5.41, 5.74) is 9.39. The number of hydrogen-bond donors (Lipinski definition) is 1. The number of carbonyl (C=O) groups is 2. The van der Waals surface area contributed by atoms with E-state index in [9.17, 15) is 9.59 Å². The van der Waals surface area contributed by atoms with Gasteiger partial charge in [0.1, 0.15) is 17.3 Å². The number of rotatable bonds is 9. The van der Waals surface area contributed by atoms with Gasteiger partial charge < -0.3 is 33.2 Å². The van der Waals surface area contributed by atoms with E-state index in [1.807, 2.05) is 161 Å². The third-order valence-corrected chi connectivity index (χ3v) is 12.5. The van der Waals surface area contributed by atoms with Crippen molar-refractivity contribution in [2.24, 2.45) is 0 Å². The van der Waals surface area contributed by atoms with Crippen molar-refractivity contribution in [3.8, 4) is 34.0 Å². The fourth-order valence-electron chi connectivity index (χ4n) is 7.76. The molecule has 0 aliphatic carbocycles. The Kier molecular flexibility index (Phi) is 14.7. The molecule has 1 N–H and O–H groups in total. The molecule has 0 radical (unpaired) electrons. The Morgan fingerprint density at radius 3 is 1.74 bits per heavy atom. The van der Waals surface area contributed by atoms with Crippen LogP contribution in [0, 0.1) is 13.1 Å². The first-order valence-corrected chi connectivity index (χ1v) is 22.6. The molecule has 68 heavy (non-hydrogen) atoms. The molecule has 1 fully saturated rings. The summed E-state index contributed by atoms with van der Waals surface area (Å²) in [6, 6.07) is 42.8. The Morgan fingerprint density at radius 1 is 0.676 bits per heavy atom. The SMILES string of the molecule is CC(=O)Nc1cccc(B2OC(C)(C)C(C)(C)O2)c1.[C-]#[N+]c1ccc2c(c1)c(-c1cccc(CC(C)=O)c1)cn2-c1ccc(OC)cc1.[C-]#[N+]c1ccc2c(c1)c(Br)cn2-c1ccc(OC)cc1. The highest BCUT2D eigenvalue weighted by molar-refractivity contribution is 9.10. The molecule has 3 heterocycles. The lowest BCUT2D eigenvalue weighted by atomic mass is 9.79. The van der Waals surface area contributed by atoms with E-state index in [1.165, 1.54) is 6.92 Å². The van der Waals surface area contributed by atoms with Gasteiger partial charge in [0.25, 0.3) is 0 Å². The minimum Gasteiger partial charge on any atom is -0.497 e. The molecule has 0 spiro atoms. The molecule has 1 aliphatic heterocycles. The first-order chi connectivity index (χ1) is 32.5. The van der Waals surface area contributed by atoms with Crippen LogP contribution >= 0.6 is 15.9 Å². The number of amides is 1. The number of nitrogens with one attached hydrogen (secondary N) is 1. The van der Waals surface area contributed by atoms with Crippen LogP contribution in [0.1, 0.15) is 47.1 Å². The number of nitrogens with zero attached hydrogens (tertiary/aromatic N) is 4. The molecule has 9 rings (SSSR count). The monoisotopic (exact) mass is 967 g/mol. The maximum absolute atomic E-state index is 11.6. The van der Waals surface area contributed by atoms with Gasteiger partial charge in [-0.1, -0.05) is 48.5 Å². The minimum atomic E-state index is -0.404. The highest BCUT2D eigenvalue weighted by atomic mass is 79.9. The average molecular weight is 969 g/mol. The van der Waals surface area contributed by atoms with E-state index in [2.05, 4.69) is 52.3 Å². The van der Waals surface area contributed by atoms with Gasteiger partial charge in [-0.2, -0.15) is 0 Å². The summed E-state index contributed by atoms with van der Waals surface area (Å²) in [6.07, 6.45) is 4.52. The molecule has 8 aromatic rings. The van der Waals surface area contributed by atoms with Gasteiger partial charge in [0, 0.05) is 58.2 Å². The predicted octanol–water partition coefficient (Wildman–Crippen LogP) is 12.9. The highest BCUT2D eigenvalue weighted by Crippen LogP contribution is 2.38. The molecular formula is C55H51BBrN5O6. The van der Waals surface area contributed by atoms with E-state index < -0.39 is 7.12 Å². The second-order valence-electron chi connectivity index (χ2n) is 17.3. The van der Waals surface area contributed by atoms with E-state index in [4.69, 9.17) is 31.9 Å². The number of Topliss-reactive ketones (excluding diaryl/α,β-unsaturated/α-hetero) is 1. The van der Waals surface area contributed by atoms with E-state index in [1.54, 1.807) is 21.1 Å². The van der Waals surface area contributed by atoms with E-state index in [0.717, 1.165) is 77.0 Å². The van der Waals surface area contributed by atoms with Crippen molar-refractivity contribution >= 4 is 79.1 Å². The van der Waals surface area contributed by atoms with Crippen molar-refractivity contribution in [2.75, 3.05) is 19.5 Å². The number of ketones is 1. The van der Waals surface area contributed by atoms with Gasteiger partial charge in [-0.25, -0.2) is 9.69 Å². The maximum Gasteiger partial charge on any atom is 0.494 e. The molecule has 1 saturated heterocycles. The van der Waals surface area contributed by atoms with Crippen molar-refractivity contribution in [1.29, 1.82) is 0 Å². The summed E-state index contributed by atoms with van der Waals surface area (Å²) < 4.78 is 27.6. The fourth-order valence-corrected chi connectivity index (χ4v) is 8.28. The Hall–Kier alpha value is -7.42. The van der Waals surface area contributed by atoms with Gasteiger partial charge in [0.15, 0.2) is 11.4 Å².